The van der Waals surface area contributed by atoms with E-state index in [1.165, 1.54) is 6.07 Å². The van der Waals surface area contributed by atoms with E-state index in [-0.39, 0.29) is 30.3 Å². The fourth-order valence-electron chi connectivity index (χ4n) is 6.29. The van der Waals surface area contributed by atoms with Gasteiger partial charge in [-0.25, -0.2) is 0 Å². The van der Waals surface area contributed by atoms with Crippen molar-refractivity contribution in [3.63, 3.8) is 0 Å². The van der Waals surface area contributed by atoms with Crippen molar-refractivity contribution in [2.45, 2.75) is 13.1 Å². The molecule has 2 aliphatic rings. The van der Waals surface area contributed by atoms with Crippen LogP contribution in [0.3, 0.4) is 0 Å². The number of carboxylic acids is 1. The first-order valence-corrected chi connectivity index (χ1v) is 18.8. The minimum Gasteiger partial charge on any atom is -0.545 e. The summed E-state index contributed by atoms with van der Waals surface area (Å²) in [5.74, 6) is 0.487. The molecule has 5 N–H and O–H groups in total. The monoisotopic (exact) mass is 790 g/mol. The Morgan fingerprint density at radius 2 is 1.11 bits per heavy atom. The largest absolute Gasteiger partial charge is 1.00 e. The number of nitrogens with one attached hydrogen (secondary N) is 3. The van der Waals surface area contributed by atoms with Crippen molar-refractivity contribution in [3.05, 3.63) is 117 Å². The van der Waals surface area contributed by atoms with Crippen LogP contribution in [-0.2, 0) is 13.1 Å². The molecule has 288 valence electrons. The standard InChI is InChI=1S/C20H22ClN5O.C13H16N4O2.C7H8ClN.Li/c1-25-8-10-26(11-9-25)19-17-12-15(4-7-18(17)23-24-19)20(27)22-13-14-2-5-16(21)6-3-14;1-16-4-6-17(7-5-16)12-10-8-9(13(18)19)2-3-11(10)14-15-12;8-7-3-1-6(5-9)2-4-7;/h2-7,12H,8-11,13H2,1H3,(H,22,27)(H,23,24);2-3,8H,4-7H2,1H3,(H,14,15)(H,18,19);1-4H,5,9H2;/q;;;+1/p-1. The van der Waals surface area contributed by atoms with Gasteiger partial charge in [-0.05, 0) is 85.4 Å². The number of halogens is 2. The average molecular weight is 792 g/mol. The number of aromatic amines is 2. The summed E-state index contributed by atoms with van der Waals surface area (Å²) >= 11 is 11.5. The molecule has 56 heavy (non-hydrogen) atoms. The van der Waals surface area contributed by atoms with Gasteiger partial charge in [-0.15, -0.1) is 0 Å². The summed E-state index contributed by atoms with van der Waals surface area (Å²) in [6.07, 6.45) is 0. The fourth-order valence-corrected chi connectivity index (χ4v) is 6.55. The number of aromatic carboxylic acids is 1. The quantitative estimate of drug-likeness (QED) is 0.174. The molecular formula is C40H45Cl2LiN10O3. The number of piperazine rings is 2. The van der Waals surface area contributed by atoms with Crippen LogP contribution in [0, 0.1) is 0 Å². The molecule has 0 bridgehead atoms. The SMILES string of the molecule is CN1CCN(c2n[nH]c3ccc(C(=O)NCc4ccc(Cl)cc4)cc23)CC1.CN1CCN(c2n[nH]c3ccc(C(=O)[O-])cc23)CC1.NCc1ccc(Cl)cc1.[Li+]. The molecule has 2 aromatic heterocycles. The van der Waals surface area contributed by atoms with Crippen LogP contribution in [-0.4, -0.2) is 109 Å². The number of rotatable bonds is 7. The molecule has 4 aromatic carbocycles. The smallest absolute Gasteiger partial charge is 0.545 e. The van der Waals surface area contributed by atoms with Crippen molar-refractivity contribution in [2.75, 3.05) is 76.3 Å². The number of carbonyl (C=O) groups excluding carboxylic acids is 2. The topological polar surface area (TPSA) is 166 Å². The Hall–Kier alpha value is -4.58. The van der Waals surface area contributed by atoms with Crippen molar-refractivity contribution in [3.8, 4) is 0 Å². The van der Waals surface area contributed by atoms with Crippen LogP contribution in [0.25, 0.3) is 21.8 Å². The molecule has 2 fully saturated rings. The maximum atomic E-state index is 12.6. The Labute approximate surface area is 348 Å². The van der Waals surface area contributed by atoms with Crippen molar-refractivity contribution in [1.82, 2.24) is 35.5 Å². The third-order valence-electron chi connectivity index (χ3n) is 9.70. The molecular weight excluding hydrogens is 746 g/mol. The molecule has 0 saturated carbocycles. The third-order valence-corrected chi connectivity index (χ3v) is 10.2. The zero-order chi connectivity index (χ0) is 38.9. The van der Waals surface area contributed by atoms with E-state index < -0.39 is 5.97 Å². The zero-order valence-electron chi connectivity index (χ0n) is 31.9. The molecule has 6 aromatic rings. The Kier molecular flexibility index (Phi) is 15.2. The second kappa shape index (κ2) is 20.0. The van der Waals surface area contributed by atoms with Crippen LogP contribution in [0.15, 0.2) is 84.9 Å². The Balaban J connectivity index is 0.000000179. The van der Waals surface area contributed by atoms with E-state index in [9.17, 15) is 14.7 Å². The third kappa shape index (κ3) is 11.0. The van der Waals surface area contributed by atoms with Gasteiger partial charge in [-0.2, -0.15) is 10.2 Å². The Morgan fingerprint density at radius 3 is 1.55 bits per heavy atom. The van der Waals surface area contributed by atoms with Gasteiger partial charge in [-0.1, -0.05) is 53.5 Å². The van der Waals surface area contributed by atoms with Gasteiger partial charge in [0.05, 0.1) is 17.0 Å². The van der Waals surface area contributed by atoms with Gasteiger partial charge >= 0.3 is 18.9 Å². The van der Waals surface area contributed by atoms with Crippen molar-refractivity contribution in [2.24, 2.45) is 5.73 Å². The van der Waals surface area contributed by atoms with Gasteiger partial charge in [0.15, 0.2) is 11.6 Å². The predicted octanol–water partition coefficient (Wildman–Crippen LogP) is 1.38. The number of amides is 1. The minimum atomic E-state index is -1.16. The summed E-state index contributed by atoms with van der Waals surface area (Å²) in [5, 5.41) is 32.0. The molecule has 2 saturated heterocycles. The van der Waals surface area contributed by atoms with Crippen LogP contribution in [0.4, 0.5) is 11.6 Å². The number of anilines is 2. The predicted molar refractivity (Wildman–Crippen MR) is 218 cm³/mol. The number of carboxylic acid groups (broad SMARTS) is 1. The van der Waals surface area contributed by atoms with Crippen molar-refractivity contribution < 1.29 is 33.6 Å². The summed E-state index contributed by atoms with van der Waals surface area (Å²) in [6.45, 7) is 8.68. The Bertz CT molecular complexity index is 2200. The number of likely N-dealkylation sites (N-methyl/N-ethyl adjacent to an activating group) is 2. The molecule has 16 heteroatoms. The van der Waals surface area contributed by atoms with Crippen molar-refractivity contribution in [1.29, 1.82) is 0 Å². The van der Waals surface area contributed by atoms with Crippen LogP contribution in [0.2, 0.25) is 10.0 Å². The minimum absolute atomic E-state index is 0. The van der Waals surface area contributed by atoms with E-state index >= 15 is 0 Å². The van der Waals surface area contributed by atoms with Gasteiger partial charge in [0.1, 0.15) is 0 Å². The molecule has 2 aliphatic heterocycles. The summed E-state index contributed by atoms with van der Waals surface area (Å²) in [5.41, 5.74) is 10.1. The molecule has 0 unspecified atom stereocenters. The first kappa shape index (κ1) is 42.6. The summed E-state index contributed by atoms with van der Waals surface area (Å²) in [7, 11) is 4.22. The number of H-pyrrole nitrogens is 2. The van der Waals surface area contributed by atoms with Crippen LogP contribution in [0.1, 0.15) is 31.8 Å². The Morgan fingerprint density at radius 1 is 0.679 bits per heavy atom. The number of benzene rings is 4. The molecule has 0 spiro atoms. The number of nitrogens with two attached hydrogens (primary N) is 1. The van der Waals surface area contributed by atoms with Gasteiger partial charge in [0, 0.05) is 91.8 Å². The van der Waals surface area contributed by atoms with Gasteiger partial charge in [-0.3, -0.25) is 15.0 Å². The molecule has 1 amide bonds. The summed E-state index contributed by atoms with van der Waals surface area (Å²) in [4.78, 5) is 32.5. The van der Waals surface area contributed by atoms with Crippen molar-refractivity contribution >= 4 is 68.5 Å². The fraction of sp³-hybridized carbons (Fsp3) is 0.300. The number of hydrogen-bond donors (Lipinski definition) is 4. The van der Waals surface area contributed by atoms with E-state index in [0.29, 0.717) is 23.7 Å². The van der Waals surface area contributed by atoms with E-state index in [4.69, 9.17) is 28.9 Å². The van der Waals surface area contributed by atoms with E-state index in [0.717, 1.165) is 102 Å². The van der Waals surface area contributed by atoms with Gasteiger partial charge < -0.3 is 40.6 Å². The second-order valence-electron chi connectivity index (χ2n) is 13.6. The number of carbonyl (C=O) groups is 2. The first-order valence-electron chi connectivity index (χ1n) is 18.1. The first-order chi connectivity index (χ1) is 26.6. The molecule has 0 atom stereocenters. The second-order valence-corrected chi connectivity index (χ2v) is 14.5. The number of fused-ring (bicyclic) bond motifs is 2. The summed E-state index contributed by atoms with van der Waals surface area (Å²) in [6, 6.07) is 25.5. The molecule has 0 radical (unpaired) electrons. The molecule has 13 nitrogen and oxygen atoms in total. The normalized spacial score (nSPS) is 14.7. The number of nitrogens with zero attached hydrogens (tertiary/aromatic N) is 6. The number of hydrogen-bond acceptors (Lipinski definition) is 10. The maximum Gasteiger partial charge on any atom is 1.00 e. The zero-order valence-corrected chi connectivity index (χ0v) is 33.4. The van der Waals surface area contributed by atoms with Gasteiger partial charge in [0.2, 0.25) is 0 Å². The summed E-state index contributed by atoms with van der Waals surface area (Å²) < 4.78 is 0. The van der Waals surface area contributed by atoms with E-state index in [2.05, 4.69) is 59.4 Å². The maximum absolute atomic E-state index is 12.6. The molecule has 8 rings (SSSR count). The molecule has 0 aliphatic carbocycles. The van der Waals surface area contributed by atoms with E-state index in [1.54, 1.807) is 12.1 Å². The van der Waals surface area contributed by atoms with Crippen LogP contribution >= 0.6 is 23.2 Å². The van der Waals surface area contributed by atoms with Crippen LogP contribution < -0.4 is 44.8 Å². The average Bonchev–Trinajstić information content (AvgIpc) is 3.83. The van der Waals surface area contributed by atoms with Crippen LogP contribution in [0.5, 0.6) is 0 Å². The molecule has 4 heterocycles. The van der Waals surface area contributed by atoms with Gasteiger partial charge in [0.25, 0.3) is 5.91 Å². The number of aromatic nitrogens is 4. The van der Waals surface area contributed by atoms with E-state index in [1.807, 2.05) is 66.7 Å².